The monoisotopic (exact) mass is 389 g/mol. The molecule has 27 heavy (non-hydrogen) atoms. The number of anilines is 1. The summed E-state index contributed by atoms with van der Waals surface area (Å²) in [7, 11) is 0. The molecule has 0 saturated carbocycles. The van der Waals surface area contributed by atoms with Crippen LogP contribution in [0.2, 0.25) is 0 Å². The molecule has 1 aromatic heterocycles. The molecule has 3 heterocycles. The summed E-state index contributed by atoms with van der Waals surface area (Å²) in [5.74, 6) is -1.20. The van der Waals surface area contributed by atoms with Gasteiger partial charge < -0.3 is 10.2 Å². The highest BCUT2D eigenvalue weighted by Gasteiger charge is 2.48. The summed E-state index contributed by atoms with van der Waals surface area (Å²) in [4.78, 5) is 40.7. The number of amides is 4. The van der Waals surface area contributed by atoms with Crippen molar-refractivity contribution < 1.29 is 18.8 Å². The van der Waals surface area contributed by atoms with Crippen molar-refractivity contribution in [2.45, 2.75) is 31.8 Å². The highest BCUT2D eigenvalue weighted by atomic mass is 32.1. The summed E-state index contributed by atoms with van der Waals surface area (Å²) in [5, 5.41) is 6.72. The van der Waals surface area contributed by atoms with Crippen LogP contribution in [0.1, 0.15) is 28.2 Å². The van der Waals surface area contributed by atoms with Gasteiger partial charge in [0.2, 0.25) is 0 Å². The molecule has 1 aromatic carbocycles. The van der Waals surface area contributed by atoms with Crippen LogP contribution in [0.15, 0.2) is 24.3 Å². The normalized spacial score (nSPS) is 22.1. The van der Waals surface area contributed by atoms with E-state index in [1.165, 1.54) is 23.1 Å². The lowest BCUT2D eigenvalue weighted by Crippen LogP contribution is -2.49. The fourth-order valence-electron chi connectivity index (χ4n) is 3.47. The van der Waals surface area contributed by atoms with Gasteiger partial charge in [-0.1, -0.05) is 10.6 Å². The molecular weight excluding hydrogens is 373 g/mol. The first-order valence-corrected chi connectivity index (χ1v) is 9.23. The van der Waals surface area contributed by atoms with E-state index in [1.54, 1.807) is 6.92 Å². The van der Waals surface area contributed by atoms with Crippen LogP contribution < -0.4 is 10.2 Å². The Balaban J connectivity index is 1.50. The number of carbonyl (C=O) groups is 3. The van der Waals surface area contributed by atoms with Gasteiger partial charge in [0.1, 0.15) is 16.7 Å². The van der Waals surface area contributed by atoms with Crippen LogP contribution in [0.25, 0.3) is 0 Å². The van der Waals surface area contributed by atoms with E-state index in [1.807, 2.05) is 0 Å². The summed E-state index contributed by atoms with van der Waals surface area (Å²) in [6.07, 6.45) is 0.844. The van der Waals surface area contributed by atoms with E-state index in [9.17, 15) is 18.8 Å². The lowest BCUT2D eigenvalue weighted by Gasteiger charge is -2.32. The van der Waals surface area contributed by atoms with Gasteiger partial charge in [0.05, 0.1) is 11.4 Å². The van der Waals surface area contributed by atoms with Gasteiger partial charge in [-0.05, 0) is 49.5 Å². The fourth-order valence-corrected chi connectivity index (χ4v) is 4.03. The quantitative estimate of drug-likeness (QED) is 0.807. The molecule has 0 radical (unpaired) electrons. The lowest BCUT2D eigenvalue weighted by molar-refractivity contribution is -0.120. The van der Waals surface area contributed by atoms with Gasteiger partial charge in [-0.3, -0.25) is 9.59 Å². The predicted octanol–water partition coefficient (Wildman–Crippen LogP) is 1.72. The smallest absolute Gasteiger partial charge is 0.332 e. The van der Waals surface area contributed by atoms with Crippen LogP contribution in [-0.2, 0) is 4.79 Å². The van der Waals surface area contributed by atoms with Gasteiger partial charge in [0.15, 0.2) is 0 Å². The van der Waals surface area contributed by atoms with E-state index in [0.717, 1.165) is 22.5 Å². The summed E-state index contributed by atoms with van der Waals surface area (Å²) < 4.78 is 17.2. The van der Waals surface area contributed by atoms with Gasteiger partial charge in [-0.15, -0.1) is 5.10 Å². The number of rotatable bonds is 3. The first kappa shape index (κ1) is 17.5. The molecule has 2 aliphatic heterocycles. The Labute approximate surface area is 158 Å². The number of aromatic nitrogens is 2. The second-order valence-electron chi connectivity index (χ2n) is 6.53. The topological polar surface area (TPSA) is 95.5 Å². The molecule has 2 atom stereocenters. The van der Waals surface area contributed by atoms with Crippen LogP contribution in [0.5, 0.6) is 0 Å². The minimum atomic E-state index is -0.666. The van der Waals surface area contributed by atoms with Crippen LogP contribution in [-0.4, -0.2) is 51.0 Å². The molecule has 4 rings (SSSR count). The molecule has 0 bridgehead atoms. The standard InChI is InChI=1S/C17H16FN5O3S/c1-9-14(27-21-20-9)15(24)19-11-5-6-22-13(8-11)16(25)23(17(22)26)12-4-2-3-10(18)7-12/h2-4,7,11,13H,5-6,8H2,1H3,(H,19,24)/t11-,13-/m0/s1. The third-order valence-corrected chi connectivity index (χ3v) is 5.63. The fraction of sp³-hybridized carbons (Fsp3) is 0.353. The predicted molar refractivity (Wildman–Crippen MR) is 94.9 cm³/mol. The zero-order valence-electron chi connectivity index (χ0n) is 14.4. The first-order valence-electron chi connectivity index (χ1n) is 8.45. The molecule has 4 amide bonds. The number of nitrogens with zero attached hydrogens (tertiary/aromatic N) is 4. The Morgan fingerprint density at radius 3 is 2.89 bits per heavy atom. The van der Waals surface area contributed by atoms with Crippen LogP contribution in [0.3, 0.4) is 0 Å². The molecule has 2 aliphatic rings. The maximum absolute atomic E-state index is 13.5. The number of hydrogen-bond acceptors (Lipinski definition) is 6. The number of benzene rings is 1. The Kier molecular flexibility index (Phi) is 4.34. The third kappa shape index (κ3) is 3.05. The lowest BCUT2D eigenvalue weighted by atomic mass is 9.98. The van der Waals surface area contributed by atoms with Gasteiger partial charge in [0, 0.05) is 12.6 Å². The average molecular weight is 389 g/mol. The number of piperidine rings is 1. The number of aryl methyl sites for hydroxylation is 1. The maximum Gasteiger partial charge on any atom is 0.332 e. The number of fused-ring (bicyclic) bond motifs is 1. The van der Waals surface area contributed by atoms with Gasteiger partial charge >= 0.3 is 6.03 Å². The number of urea groups is 1. The summed E-state index contributed by atoms with van der Waals surface area (Å²) in [6.45, 7) is 2.04. The molecule has 0 aliphatic carbocycles. The molecule has 140 valence electrons. The highest BCUT2D eigenvalue weighted by Crippen LogP contribution is 2.31. The third-order valence-electron chi connectivity index (χ3n) is 4.80. The van der Waals surface area contributed by atoms with E-state index in [0.29, 0.717) is 30.0 Å². The molecule has 2 saturated heterocycles. The van der Waals surface area contributed by atoms with E-state index < -0.39 is 23.8 Å². The van der Waals surface area contributed by atoms with E-state index in [-0.39, 0.29) is 17.6 Å². The molecule has 10 heteroatoms. The van der Waals surface area contributed by atoms with Crippen LogP contribution in [0, 0.1) is 12.7 Å². The van der Waals surface area contributed by atoms with Crippen molar-refractivity contribution >= 4 is 35.1 Å². The zero-order valence-corrected chi connectivity index (χ0v) is 15.2. The number of hydrogen-bond donors (Lipinski definition) is 1. The van der Waals surface area contributed by atoms with E-state index in [4.69, 9.17) is 0 Å². The minimum absolute atomic E-state index is 0.214. The van der Waals surface area contributed by atoms with Crippen LogP contribution in [0.4, 0.5) is 14.9 Å². The molecule has 2 fully saturated rings. The van der Waals surface area contributed by atoms with Crippen molar-refractivity contribution in [1.82, 2.24) is 19.8 Å². The van der Waals surface area contributed by atoms with Crippen molar-refractivity contribution in [2.24, 2.45) is 0 Å². The Morgan fingerprint density at radius 2 is 2.19 bits per heavy atom. The molecule has 1 N–H and O–H groups in total. The number of carbonyl (C=O) groups excluding carboxylic acids is 3. The molecule has 2 aromatic rings. The van der Waals surface area contributed by atoms with Crippen LogP contribution >= 0.6 is 11.5 Å². The highest BCUT2D eigenvalue weighted by molar-refractivity contribution is 7.08. The maximum atomic E-state index is 13.5. The van der Waals surface area contributed by atoms with Gasteiger partial charge in [0.25, 0.3) is 11.8 Å². The largest absolute Gasteiger partial charge is 0.348 e. The van der Waals surface area contributed by atoms with E-state index >= 15 is 0 Å². The summed E-state index contributed by atoms with van der Waals surface area (Å²) in [6, 6.07) is 4.03. The molecular formula is C17H16FN5O3S. The molecule has 0 spiro atoms. The molecule has 0 unspecified atom stereocenters. The second-order valence-corrected chi connectivity index (χ2v) is 7.28. The van der Waals surface area contributed by atoms with Crippen molar-refractivity contribution in [2.75, 3.05) is 11.4 Å². The minimum Gasteiger partial charge on any atom is -0.348 e. The first-order chi connectivity index (χ1) is 13.0. The Bertz CT molecular complexity index is 933. The summed E-state index contributed by atoms with van der Waals surface area (Å²) >= 11 is 1.02. The van der Waals surface area contributed by atoms with Crippen molar-refractivity contribution in [3.8, 4) is 0 Å². The number of halogens is 1. The SMILES string of the molecule is Cc1nnsc1C(=O)N[C@H]1CCN2C(=O)N(c3cccc(F)c3)C(=O)[C@@H]2C1. The second kappa shape index (κ2) is 6.69. The number of nitrogens with one attached hydrogen (secondary N) is 1. The summed E-state index contributed by atoms with van der Waals surface area (Å²) in [5.41, 5.74) is 0.769. The Morgan fingerprint density at radius 1 is 1.37 bits per heavy atom. The van der Waals surface area contributed by atoms with Crippen molar-refractivity contribution in [3.63, 3.8) is 0 Å². The Hall–Kier alpha value is -2.88. The average Bonchev–Trinajstić information content (AvgIpc) is 3.17. The van der Waals surface area contributed by atoms with Crippen molar-refractivity contribution in [3.05, 3.63) is 40.7 Å². The van der Waals surface area contributed by atoms with Gasteiger partial charge in [-0.25, -0.2) is 14.1 Å². The van der Waals surface area contributed by atoms with Crippen molar-refractivity contribution in [1.29, 1.82) is 0 Å². The number of imide groups is 1. The van der Waals surface area contributed by atoms with Gasteiger partial charge in [-0.2, -0.15) is 0 Å². The molecule has 8 nitrogen and oxygen atoms in total. The van der Waals surface area contributed by atoms with E-state index in [2.05, 4.69) is 14.9 Å². The zero-order chi connectivity index (χ0) is 19.1.